The monoisotopic (exact) mass is 419 g/mol. The maximum atomic E-state index is 13.1. The van der Waals surface area contributed by atoms with Crippen molar-refractivity contribution >= 4 is 29.1 Å². The lowest BCUT2D eigenvalue weighted by molar-refractivity contribution is -0.142. The third kappa shape index (κ3) is 5.15. The Bertz CT molecular complexity index is 731. The number of rotatable bonds is 4. The summed E-state index contributed by atoms with van der Waals surface area (Å²) < 4.78 is 44.8. The van der Waals surface area contributed by atoms with Gasteiger partial charge in [-0.15, -0.1) is 0 Å². The molecule has 2 saturated heterocycles. The molecule has 0 aliphatic carbocycles. The molecule has 10 heteroatoms. The molecule has 0 bridgehead atoms. The molecule has 1 aromatic rings. The summed E-state index contributed by atoms with van der Waals surface area (Å²) in [6, 6.07) is 3.22. The zero-order chi connectivity index (χ0) is 20.3. The number of hydrogen-bond donors (Lipinski definition) is 1. The Balaban J connectivity index is 1.52. The smallest absolute Gasteiger partial charge is 0.368 e. The summed E-state index contributed by atoms with van der Waals surface area (Å²) >= 11 is 5.64. The minimum atomic E-state index is -4.62. The van der Waals surface area contributed by atoms with Gasteiger partial charge in [0, 0.05) is 37.8 Å². The van der Waals surface area contributed by atoms with Crippen LogP contribution in [0.2, 0.25) is 5.02 Å². The Morgan fingerprint density at radius 3 is 2.54 bits per heavy atom. The molecule has 0 unspecified atom stereocenters. The first-order valence-electron chi connectivity index (χ1n) is 9.03. The van der Waals surface area contributed by atoms with Crippen LogP contribution < -0.4 is 5.32 Å². The zero-order valence-electron chi connectivity index (χ0n) is 15.1. The first-order chi connectivity index (χ1) is 13.2. The molecule has 154 valence electrons. The quantitative estimate of drug-likeness (QED) is 0.815. The first-order valence-corrected chi connectivity index (χ1v) is 9.41. The number of halogens is 4. The molecule has 0 aromatic heterocycles. The zero-order valence-corrected chi connectivity index (χ0v) is 15.9. The van der Waals surface area contributed by atoms with Gasteiger partial charge in [0.1, 0.15) is 6.10 Å². The lowest BCUT2D eigenvalue weighted by Gasteiger charge is -2.35. The lowest BCUT2D eigenvalue weighted by atomic mass is 10.1. The summed E-state index contributed by atoms with van der Waals surface area (Å²) in [6.45, 7) is 2.40. The maximum Gasteiger partial charge on any atom is 0.418 e. The fourth-order valence-corrected chi connectivity index (χ4v) is 3.53. The van der Waals surface area contributed by atoms with Crippen LogP contribution in [-0.4, -0.2) is 67.0 Å². The van der Waals surface area contributed by atoms with Gasteiger partial charge in [-0.3, -0.25) is 14.5 Å². The average Bonchev–Trinajstić information content (AvgIpc) is 3.17. The standard InChI is InChI=1S/C18H21ClF3N3O3/c19-12-3-4-14(13(10-12)18(20,21)22)23-16(26)11-24-5-7-25(8-6-24)17(27)15-2-1-9-28-15/h3-4,10,15H,1-2,5-9,11H2,(H,23,26)/t15-/m1/s1. The van der Waals surface area contributed by atoms with Crippen molar-refractivity contribution in [3.63, 3.8) is 0 Å². The van der Waals surface area contributed by atoms with Crippen LogP contribution >= 0.6 is 11.6 Å². The molecule has 1 aromatic carbocycles. The number of nitrogens with zero attached hydrogens (tertiary/aromatic N) is 2. The van der Waals surface area contributed by atoms with Crippen LogP contribution in [0.1, 0.15) is 18.4 Å². The van der Waals surface area contributed by atoms with Gasteiger partial charge >= 0.3 is 6.18 Å². The molecule has 2 aliphatic rings. The summed E-state index contributed by atoms with van der Waals surface area (Å²) in [5.74, 6) is -0.579. The molecular formula is C18H21ClF3N3O3. The molecule has 6 nitrogen and oxygen atoms in total. The van der Waals surface area contributed by atoms with E-state index in [0.717, 1.165) is 25.0 Å². The highest BCUT2D eigenvalue weighted by Crippen LogP contribution is 2.36. The number of benzene rings is 1. The Labute approximate surface area is 165 Å². The second-order valence-electron chi connectivity index (χ2n) is 6.84. The normalized spacial score (nSPS) is 21.0. The number of amides is 2. The summed E-state index contributed by atoms with van der Waals surface area (Å²) in [5, 5.41) is 2.25. The maximum absolute atomic E-state index is 13.1. The van der Waals surface area contributed by atoms with Crippen molar-refractivity contribution in [2.24, 2.45) is 0 Å². The number of alkyl halides is 3. The van der Waals surface area contributed by atoms with E-state index in [9.17, 15) is 22.8 Å². The van der Waals surface area contributed by atoms with Crippen LogP contribution in [0.3, 0.4) is 0 Å². The summed E-state index contributed by atoms with van der Waals surface area (Å²) in [7, 11) is 0. The first kappa shape index (κ1) is 20.9. The SMILES string of the molecule is O=C(CN1CCN(C(=O)[C@H]2CCCO2)CC1)Nc1ccc(Cl)cc1C(F)(F)F. The van der Waals surface area contributed by atoms with Gasteiger partial charge in [-0.2, -0.15) is 13.2 Å². The van der Waals surface area contributed by atoms with E-state index in [2.05, 4.69) is 5.32 Å². The third-order valence-corrected chi connectivity index (χ3v) is 5.05. The Morgan fingerprint density at radius 1 is 1.21 bits per heavy atom. The van der Waals surface area contributed by atoms with Crippen molar-refractivity contribution in [3.05, 3.63) is 28.8 Å². The van der Waals surface area contributed by atoms with Crippen LogP contribution in [0.4, 0.5) is 18.9 Å². The van der Waals surface area contributed by atoms with Crippen LogP contribution in [-0.2, 0) is 20.5 Å². The molecule has 0 spiro atoms. The summed E-state index contributed by atoms with van der Waals surface area (Å²) in [5.41, 5.74) is -1.31. The summed E-state index contributed by atoms with van der Waals surface area (Å²) in [4.78, 5) is 28.0. The fourth-order valence-electron chi connectivity index (χ4n) is 3.36. The molecule has 2 amide bonds. The largest absolute Gasteiger partial charge is 0.418 e. The molecule has 28 heavy (non-hydrogen) atoms. The van der Waals surface area contributed by atoms with Crippen molar-refractivity contribution in [3.8, 4) is 0 Å². The van der Waals surface area contributed by atoms with Crippen molar-refractivity contribution < 1.29 is 27.5 Å². The molecule has 2 fully saturated rings. The van der Waals surface area contributed by atoms with Gasteiger partial charge in [-0.1, -0.05) is 11.6 Å². The Kier molecular flexibility index (Phi) is 6.47. The molecule has 3 rings (SSSR count). The number of carbonyl (C=O) groups is 2. The van der Waals surface area contributed by atoms with E-state index in [-0.39, 0.29) is 29.3 Å². The van der Waals surface area contributed by atoms with Crippen molar-refractivity contribution in [2.45, 2.75) is 25.1 Å². The lowest BCUT2D eigenvalue weighted by Crippen LogP contribution is -2.52. The molecule has 1 atom stereocenters. The van der Waals surface area contributed by atoms with E-state index in [1.54, 1.807) is 9.80 Å². The number of anilines is 1. The topological polar surface area (TPSA) is 61.9 Å². The van der Waals surface area contributed by atoms with Gasteiger partial charge in [-0.25, -0.2) is 0 Å². The number of carbonyl (C=O) groups excluding carboxylic acids is 2. The van der Waals surface area contributed by atoms with Crippen LogP contribution in [0, 0.1) is 0 Å². The third-order valence-electron chi connectivity index (χ3n) is 4.82. The summed E-state index contributed by atoms with van der Waals surface area (Å²) in [6.07, 6.45) is -3.40. The number of piperazine rings is 1. The van der Waals surface area contributed by atoms with E-state index < -0.39 is 17.6 Å². The van der Waals surface area contributed by atoms with Crippen molar-refractivity contribution in [1.82, 2.24) is 9.80 Å². The molecule has 1 N–H and O–H groups in total. The van der Waals surface area contributed by atoms with E-state index in [0.29, 0.717) is 32.8 Å². The molecule has 2 aliphatic heterocycles. The Hall–Kier alpha value is -1.84. The second kappa shape index (κ2) is 8.67. The molecule has 0 radical (unpaired) electrons. The fraction of sp³-hybridized carbons (Fsp3) is 0.556. The number of ether oxygens (including phenoxy) is 1. The molecule has 2 heterocycles. The van der Waals surface area contributed by atoms with Gasteiger partial charge in [0.05, 0.1) is 17.8 Å². The second-order valence-corrected chi connectivity index (χ2v) is 7.28. The van der Waals surface area contributed by atoms with Gasteiger partial charge < -0.3 is 15.0 Å². The van der Waals surface area contributed by atoms with Gasteiger partial charge in [0.2, 0.25) is 5.91 Å². The average molecular weight is 420 g/mol. The highest BCUT2D eigenvalue weighted by atomic mass is 35.5. The molecular weight excluding hydrogens is 399 g/mol. The van der Waals surface area contributed by atoms with E-state index in [1.165, 1.54) is 6.07 Å². The highest BCUT2D eigenvalue weighted by Gasteiger charge is 2.34. The van der Waals surface area contributed by atoms with Crippen LogP contribution in [0.15, 0.2) is 18.2 Å². The minimum Gasteiger partial charge on any atom is -0.368 e. The van der Waals surface area contributed by atoms with Gasteiger partial charge in [0.25, 0.3) is 5.91 Å². The predicted molar refractivity (Wildman–Crippen MR) is 97.1 cm³/mol. The predicted octanol–water partition coefficient (Wildman–Crippen LogP) is 2.62. The van der Waals surface area contributed by atoms with Crippen LogP contribution in [0.5, 0.6) is 0 Å². The molecule has 0 saturated carbocycles. The number of nitrogens with one attached hydrogen (secondary N) is 1. The van der Waals surface area contributed by atoms with E-state index in [4.69, 9.17) is 16.3 Å². The van der Waals surface area contributed by atoms with E-state index >= 15 is 0 Å². The minimum absolute atomic E-state index is 0.0300. The Morgan fingerprint density at radius 2 is 1.93 bits per heavy atom. The van der Waals surface area contributed by atoms with Gasteiger partial charge in [-0.05, 0) is 31.0 Å². The number of hydrogen-bond acceptors (Lipinski definition) is 4. The van der Waals surface area contributed by atoms with E-state index in [1.807, 2.05) is 0 Å². The van der Waals surface area contributed by atoms with Gasteiger partial charge in [0.15, 0.2) is 0 Å². The van der Waals surface area contributed by atoms with Crippen LogP contribution in [0.25, 0.3) is 0 Å². The van der Waals surface area contributed by atoms with Crippen molar-refractivity contribution in [1.29, 1.82) is 0 Å². The van der Waals surface area contributed by atoms with Crippen molar-refractivity contribution in [2.75, 3.05) is 44.6 Å². The highest BCUT2D eigenvalue weighted by molar-refractivity contribution is 6.30.